The van der Waals surface area contributed by atoms with Gasteiger partial charge in [-0.05, 0) is 95.0 Å². The fourth-order valence-corrected chi connectivity index (χ4v) is 7.53. The zero-order valence-corrected chi connectivity index (χ0v) is 24.0. The van der Waals surface area contributed by atoms with Gasteiger partial charge in [-0.1, -0.05) is 6.07 Å². The fraction of sp³-hybridized carbons (Fsp3) is 0.517. The first-order valence-corrected chi connectivity index (χ1v) is 15.3. The molecule has 0 unspecified atom stereocenters. The molecular formula is C29H35F4N3O4S. The van der Waals surface area contributed by atoms with Crippen LogP contribution in [0.2, 0.25) is 0 Å². The Labute approximate surface area is 237 Å². The van der Waals surface area contributed by atoms with Crippen LogP contribution in [0.1, 0.15) is 55.5 Å². The molecule has 0 spiro atoms. The number of hydrogen-bond donors (Lipinski definition) is 1. The van der Waals surface area contributed by atoms with Crippen LogP contribution in [0.4, 0.5) is 17.6 Å². The highest BCUT2D eigenvalue weighted by Crippen LogP contribution is 2.36. The first-order chi connectivity index (χ1) is 19.2. The quantitative estimate of drug-likeness (QED) is 0.357. The van der Waals surface area contributed by atoms with Crippen molar-refractivity contribution in [1.29, 1.82) is 0 Å². The van der Waals surface area contributed by atoms with Gasteiger partial charge < -0.3 is 15.1 Å². The van der Waals surface area contributed by atoms with Crippen molar-refractivity contribution in [3.05, 3.63) is 65.5 Å². The van der Waals surface area contributed by atoms with Crippen LogP contribution < -0.4 is 5.32 Å². The minimum atomic E-state index is -4.61. The highest BCUT2D eigenvalue weighted by molar-refractivity contribution is 7.91. The van der Waals surface area contributed by atoms with Gasteiger partial charge in [0.05, 0.1) is 16.2 Å². The van der Waals surface area contributed by atoms with Crippen LogP contribution in [0.15, 0.2) is 53.4 Å². The lowest BCUT2D eigenvalue weighted by Gasteiger charge is -2.44. The van der Waals surface area contributed by atoms with Crippen LogP contribution in [0.25, 0.3) is 0 Å². The fourth-order valence-electron chi connectivity index (χ4n) is 5.87. The highest BCUT2D eigenvalue weighted by Gasteiger charge is 2.44. The SMILES string of the molecule is CC(C)N(C)[C@@H]1CC[C@H](N2CC[C@H](NC(=O)c3cccc(C(F)(F)F)c3)C2=O)[C@H](CS(=O)(=O)c2ccc(F)cc2)C1. The molecule has 4 rings (SSSR count). The Morgan fingerprint density at radius 2 is 1.78 bits per heavy atom. The van der Waals surface area contributed by atoms with E-state index in [0.717, 1.165) is 36.8 Å². The monoisotopic (exact) mass is 597 g/mol. The lowest BCUT2D eigenvalue weighted by atomic mass is 9.81. The molecule has 224 valence electrons. The van der Waals surface area contributed by atoms with Crippen molar-refractivity contribution in [3.8, 4) is 0 Å². The molecule has 1 heterocycles. The molecule has 1 saturated carbocycles. The molecule has 41 heavy (non-hydrogen) atoms. The van der Waals surface area contributed by atoms with Gasteiger partial charge in [-0.3, -0.25) is 9.59 Å². The molecule has 2 fully saturated rings. The van der Waals surface area contributed by atoms with Crippen LogP contribution in [-0.2, 0) is 20.8 Å². The third-order valence-electron chi connectivity index (χ3n) is 8.31. The predicted molar refractivity (Wildman–Crippen MR) is 145 cm³/mol. The average Bonchev–Trinajstić information content (AvgIpc) is 3.27. The maximum Gasteiger partial charge on any atom is 0.416 e. The van der Waals surface area contributed by atoms with E-state index >= 15 is 0 Å². The van der Waals surface area contributed by atoms with E-state index in [1.54, 1.807) is 4.90 Å². The Kier molecular flexibility index (Phi) is 9.13. The van der Waals surface area contributed by atoms with Crippen molar-refractivity contribution in [2.45, 2.75) is 74.8 Å². The van der Waals surface area contributed by atoms with Crippen molar-refractivity contribution >= 4 is 21.7 Å². The van der Waals surface area contributed by atoms with E-state index in [1.165, 1.54) is 18.2 Å². The van der Waals surface area contributed by atoms with Crippen LogP contribution >= 0.6 is 0 Å². The second-order valence-electron chi connectivity index (χ2n) is 11.2. The predicted octanol–water partition coefficient (Wildman–Crippen LogP) is 4.53. The van der Waals surface area contributed by atoms with E-state index in [1.807, 2.05) is 7.05 Å². The summed E-state index contributed by atoms with van der Waals surface area (Å²) in [6, 6.07) is 7.69. The smallest absolute Gasteiger partial charge is 0.340 e. The summed E-state index contributed by atoms with van der Waals surface area (Å²) >= 11 is 0. The molecule has 0 aromatic heterocycles. The van der Waals surface area contributed by atoms with Crippen LogP contribution in [0, 0.1) is 11.7 Å². The molecule has 2 aromatic rings. The Morgan fingerprint density at radius 1 is 1.10 bits per heavy atom. The minimum Gasteiger partial charge on any atom is -0.340 e. The highest BCUT2D eigenvalue weighted by atomic mass is 32.2. The molecule has 1 aliphatic heterocycles. The lowest BCUT2D eigenvalue weighted by molar-refractivity contribution is -0.137. The summed E-state index contributed by atoms with van der Waals surface area (Å²) in [7, 11) is -1.81. The van der Waals surface area contributed by atoms with Crippen LogP contribution in [-0.4, -0.2) is 73.5 Å². The molecule has 1 aliphatic carbocycles. The summed E-state index contributed by atoms with van der Waals surface area (Å²) in [5.74, 6) is -2.34. The number of benzene rings is 2. The number of carbonyl (C=O) groups excluding carboxylic acids is 2. The van der Waals surface area contributed by atoms with E-state index < -0.39 is 51.3 Å². The molecule has 2 amide bonds. The van der Waals surface area contributed by atoms with Gasteiger partial charge in [0.1, 0.15) is 11.9 Å². The summed E-state index contributed by atoms with van der Waals surface area (Å²) in [6.07, 6.45) is -2.51. The second kappa shape index (κ2) is 12.1. The molecule has 4 atom stereocenters. The third kappa shape index (κ3) is 7.09. The van der Waals surface area contributed by atoms with Gasteiger partial charge in [-0.2, -0.15) is 13.2 Å². The first kappa shape index (κ1) is 31.0. The van der Waals surface area contributed by atoms with Gasteiger partial charge in [0.25, 0.3) is 5.91 Å². The molecule has 2 aromatic carbocycles. The van der Waals surface area contributed by atoms with Crippen molar-refractivity contribution < 1.29 is 35.6 Å². The third-order valence-corrected chi connectivity index (χ3v) is 10.2. The van der Waals surface area contributed by atoms with Crippen molar-refractivity contribution in [1.82, 2.24) is 15.1 Å². The van der Waals surface area contributed by atoms with Crippen LogP contribution in [0.5, 0.6) is 0 Å². The maximum absolute atomic E-state index is 13.5. The van der Waals surface area contributed by atoms with E-state index in [4.69, 9.17) is 0 Å². The molecule has 0 bridgehead atoms. The normalized spacial score (nSPS) is 23.8. The minimum absolute atomic E-state index is 0.0102. The topological polar surface area (TPSA) is 86.8 Å². The number of likely N-dealkylation sites (tertiary alicyclic amines) is 1. The van der Waals surface area contributed by atoms with E-state index in [2.05, 4.69) is 24.1 Å². The molecule has 2 aliphatic rings. The molecule has 1 saturated heterocycles. The molecule has 1 N–H and O–H groups in total. The second-order valence-corrected chi connectivity index (χ2v) is 13.2. The average molecular weight is 598 g/mol. The number of rotatable bonds is 8. The van der Waals surface area contributed by atoms with Gasteiger partial charge in [-0.15, -0.1) is 0 Å². The van der Waals surface area contributed by atoms with Gasteiger partial charge in [-0.25, -0.2) is 12.8 Å². The van der Waals surface area contributed by atoms with E-state index in [-0.39, 0.29) is 47.2 Å². The van der Waals surface area contributed by atoms with Gasteiger partial charge in [0, 0.05) is 30.2 Å². The number of sulfone groups is 1. The number of alkyl halides is 3. The number of amides is 2. The molecule has 12 heteroatoms. The Morgan fingerprint density at radius 3 is 2.41 bits per heavy atom. The Balaban J connectivity index is 1.52. The molecular weight excluding hydrogens is 562 g/mol. The van der Waals surface area contributed by atoms with Gasteiger partial charge in [0.15, 0.2) is 9.84 Å². The number of carbonyl (C=O) groups is 2. The Bertz CT molecular complexity index is 1360. The zero-order chi connectivity index (χ0) is 30.1. The van der Waals surface area contributed by atoms with Crippen molar-refractivity contribution in [2.24, 2.45) is 5.92 Å². The summed E-state index contributed by atoms with van der Waals surface area (Å²) in [5.41, 5.74) is -1.16. The molecule has 7 nitrogen and oxygen atoms in total. The summed E-state index contributed by atoms with van der Waals surface area (Å²) in [4.78, 5) is 30.1. The summed E-state index contributed by atoms with van der Waals surface area (Å²) in [6.45, 7) is 4.39. The van der Waals surface area contributed by atoms with Crippen molar-refractivity contribution in [3.63, 3.8) is 0 Å². The standard InChI is InChI=1S/C29H35F4N3O4S/c1-18(2)35(3)23-9-12-26(20(16-23)17-41(39,40)24-10-7-22(30)8-11-24)36-14-13-25(28(36)38)34-27(37)19-5-4-6-21(15-19)29(31,32)33/h4-8,10-11,15,18,20,23,25-26H,9,12-14,16-17H2,1-3H3,(H,34,37)/t20-,23+,25-,26-/m0/s1. The number of hydrogen-bond acceptors (Lipinski definition) is 5. The van der Waals surface area contributed by atoms with Gasteiger partial charge in [0.2, 0.25) is 5.91 Å². The molecule has 0 radical (unpaired) electrons. The largest absolute Gasteiger partial charge is 0.416 e. The number of nitrogens with zero attached hydrogens (tertiary/aromatic N) is 2. The lowest BCUT2D eigenvalue weighted by Crippen LogP contribution is -2.53. The van der Waals surface area contributed by atoms with Crippen LogP contribution in [0.3, 0.4) is 0 Å². The number of halogens is 4. The van der Waals surface area contributed by atoms with E-state index in [9.17, 15) is 35.6 Å². The maximum atomic E-state index is 13.5. The Hall–Kier alpha value is -2.99. The summed E-state index contributed by atoms with van der Waals surface area (Å²) < 4.78 is 79.5. The van der Waals surface area contributed by atoms with Gasteiger partial charge >= 0.3 is 6.18 Å². The van der Waals surface area contributed by atoms with E-state index in [0.29, 0.717) is 12.8 Å². The van der Waals surface area contributed by atoms with Crippen molar-refractivity contribution in [2.75, 3.05) is 19.3 Å². The number of nitrogens with one attached hydrogen (secondary N) is 1. The first-order valence-electron chi connectivity index (χ1n) is 13.7. The zero-order valence-electron chi connectivity index (χ0n) is 23.2. The summed E-state index contributed by atoms with van der Waals surface area (Å²) in [5, 5.41) is 2.57.